The number of nitrogens with one attached hydrogen (secondary N) is 1. The lowest BCUT2D eigenvalue weighted by atomic mass is 10.1. The number of furan rings is 1. The summed E-state index contributed by atoms with van der Waals surface area (Å²) in [5, 5.41) is 2.66. The Labute approximate surface area is 163 Å². The molecular weight excluding hydrogens is 425 g/mol. The Balaban J connectivity index is 1.99. The zero-order chi connectivity index (χ0) is 19.8. The molecule has 0 bridgehead atoms. The van der Waals surface area contributed by atoms with Crippen LogP contribution in [0.15, 0.2) is 27.1 Å². The first-order valence-electron chi connectivity index (χ1n) is 8.71. The highest BCUT2D eigenvalue weighted by Crippen LogP contribution is 2.37. The van der Waals surface area contributed by atoms with Gasteiger partial charge in [0.25, 0.3) is 5.91 Å². The number of carbonyl (C=O) groups excluding carboxylic acids is 1. The van der Waals surface area contributed by atoms with Crippen LogP contribution in [0, 0.1) is 13.8 Å². The Kier molecular flexibility index (Phi) is 5.55. The van der Waals surface area contributed by atoms with Crippen LogP contribution in [0.4, 0.5) is 24.5 Å². The van der Waals surface area contributed by atoms with E-state index in [1.165, 1.54) is 6.07 Å². The predicted octanol–water partition coefficient (Wildman–Crippen LogP) is 5.92. The Morgan fingerprint density at radius 1 is 1.15 bits per heavy atom. The standard InChI is InChI=1S/C19H20BrF3N2O2/c1-11-16(17(20)12(2)27-11)18(26)24-14-10-13(19(21,22)23)6-7-15(14)25-8-4-3-5-9-25/h6-7,10H,3-5,8-9H2,1-2H3,(H,24,26). The molecule has 1 aliphatic rings. The summed E-state index contributed by atoms with van der Waals surface area (Å²) in [7, 11) is 0. The van der Waals surface area contributed by atoms with Gasteiger partial charge >= 0.3 is 6.18 Å². The highest BCUT2D eigenvalue weighted by atomic mass is 79.9. The van der Waals surface area contributed by atoms with E-state index in [-0.39, 0.29) is 11.3 Å². The number of benzene rings is 1. The van der Waals surface area contributed by atoms with Gasteiger partial charge in [0, 0.05) is 13.1 Å². The number of amides is 1. The molecule has 0 saturated carbocycles. The van der Waals surface area contributed by atoms with Crippen LogP contribution in [0.3, 0.4) is 0 Å². The topological polar surface area (TPSA) is 45.5 Å². The highest BCUT2D eigenvalue weighted by molar-refractivity contribution is 9.10. The molecule has 146 valence electrons. The van der Waals surface area contributed by atoms with Gasteiger partial charge in [0.2, 0.25) is 0 Å². The minimum atomic E-state index is -4.48. The van der Waals surface area contributed by atoms with Crippen LogP contribution in [-0.4, -0.2) is 19.0 Å². The third-order valence-electron chi connectivity index (χ3n) is 4.68. The molecule has 1 aromatic heterocycles. The second kappa shape index (κ2) is 7.58. The fraction of sp³-hybridized carbons (Fsp3) is 0.421. The lowest BCUT2D eigenvalue weighted by molar-refractivity contribution is -0.137. The first-order valence-corrected chi connectivity index (χ1v) is 9.51. The van der Waals surface area contributed by atoms with E-state index in [1.54, 1.807) is 13.8 Å². The highest BCUT2D eigenvalue weighted by Gasteiger charge is 2.32. The smallest absolute Gasteiger partial charge is 0.416 e. The minimum absolute atomic E-state index is 0.155. The van der Waals surface area contributed by atoms with Crippen molar-refractivity contribution in [3.63, 3.8) is 0 Å². The van der Waals surface area contributed by atoms with Crippen molar-refractivity contribution in [2.75, 3.05) is 23.3 Å². The number of halogens is 4. The van der Waals surface area contributed by atoms with Crippen LogP contribution in [0.5, 0.6) is 0 Å². The van der Waals surface area contributed by atoms with Gasteiger partial charge in [-0.3, -0.25) is 4.79 Å². The maximum atomic E-state index is 13.2. The summed E-state index contributed by atoms with van der Waals surface area (Å²) in [6.07, 6.45) is -1.44. The van der Waals surface area contributed by atoms with Gasteiger partial charge in [-0.1, -0.05) is 0 Å². The monoisotopic (exact) mass is 444 g/mol. The van der Waals surface area contributed by atoms with Gasteiger partial charge in [-0.05, 0) is 67.2 Å². The molecule has 0 atom stereocenters. The summed E-state index contributed by atoms with van der Waals surface area (Å²) in [6, 6.07) is 3.49. The van der Waals surface area contributed by atoms with Gasteiger partial charge in [-0.15, -0.1) is 0 Å². The molecule has 0 spiro atoms. The molecule has 2 heterocycles. The zero-order valence-corrected chi connectivity index (χ0v) is 16.6. The van der Waals surface area contributed by atoms with Gasteiger partial charge in [0.15, 0.2) is 0 Å². The minimum Gasteiger partial charge on any atom is -0.465 e. The van der Waals surface area contributed by atoms with Gasteiger partial charge < -0.3 is 14.6 Å². The molecule has 0 unspecified atom stereocenters. The SMILES string of the molecule is Cc1oc(C)c(C(=O)Nc2cc(C(F)(F)F)ccc2N2CCCCC2)c1Br. The molecule has 0 aliphatic carbocycles. The number of rotatable bonds is 3. The summed E-state index contributed by atoms with van der Waals surface area (Å²) < 4.78 is 45.5. The van der Waals surface area contributed by atoms with Crippen molar-refractivity contribution in [3.8, 4) is 0 Å². The predicted molar refractivity (Wildman–Crippen MR) is 101 cm³/mol. The molecule has 1 aromatic carbocycles. The second-order valence-electron chi connectivity index (χ2n) is 6.63. The van der Waals surface area contributed by atoms with Crippen molar-refractivity contribution < 1.29 is 22.4 Å². The van der Waals surface area contributed by atoms with Crippen molar-refractivity contribution in [1.82, 2.24) is 0 Å². The third-order valence-corrected chi connectivity index (χ3v) is 5.64. The molecule has 1 N–H and O–H groups in total. The van der Waals surface area contributed by atoms with E-state index in [2.05, 4.69) is 21.2 Å². The number of nitrogens with zero attached hydrogens (tertiary/aromatic N) is 1. The third kappa shape index (κ3) is 4.15. The maximum absolute atomic E-state index is 13.2. The van der Waals surface area contributed by atoms with Crippen molar-refractivity contribution >= 4 is 33.2 Å². The van der Waals surface area contributed by atoms with Crippen LogP contribution in [0.25, 0.3) is 0 Å². The molecule has 1 aliphatic heterocycles. The van der Waals surface area contributed by atoms with E-state index in [1.807, 2.05) is 4.90 Å². The molecule has 1 saturated heterocycles. The average Bonchev–Trinajstić information content (AvgIpc) is 2.87. The number of piperidine rings is 1. The number of aryl methyl sites for hydroxylation is 2. The van der Waals surface area contributed by atoms with Gasteiger partial charge in [-0.2, -0.15) is 13.2 Å². The normalized spacial score (nSPS) is 15.1. The zero-order valence-electron chi connectivity index (χ0n) is 15.0. The van der Waals surface area contributed by atoms with Crippen LogP contribution in [-0.2, 0) is 6.18 Å². The van der Waals surface area contributed by atoms with Crippen LogP contribution >= 0.6 is 15.9 Å². The Morgan fingerprint density at radius 2 is 1.81 bits per heavy atom. The van der Waals surface area contributed by atoms with Gasteiger partial charge in [0.05, 0.1) is 27.0 Å². The van der Waals surface area contributed by atoms with Crippen molar-refractivity contribution in [1.29, 1.82) is 0 Å². The Hall–Kier alpha value is -1.96. The quantitative estimate of drug-likeness (QED) is 0.638. The molecule has 1 fully saturated rings. The van der Waals surface area contributed by atoms with E-state index in [0.717, 1.165) is 44.5 Å². The van der Waals surface area contributed by atoms with Crippen LogP contribution < -0.4 is 10.2 Å². The first-order chi connectivity index (χ1) is 12.7. The maximum Gasteiger partial charge on any atom is 0.416 e. The van der Waals surface area contributed by atoms with E-state index in [9.17, 15) is 18.0 Å². The van der Waals surface area contributed by atoms with Crippen LogP contribution in [0.1, 0.15) is 46.7 Å². The first kappa shape index (κ1) is 19.8. The molecule has 27 heavy (non-hydrogen) atoms. The van der Waals surface area contributed by atoms with Crippen molar-refractivity contribution in [2.45, 2.75) is 39.3 Å². The number of anilines is 2. The molecule has 4 nitrogen and oxygen atoms in total. The summed E-state index contributed by atoms with van der Waals surface area (Å²) in [4.78, 5) is 14.8. The number of alkyl halides is 3. The molecule has 1 amide bonds. The number of carbonyl (C=O) groups is 1. The lowest BCUT2D eigenvalue weighted by Crippen LogP contribution is -2.30. The number of hydrogen-bond donors (Lipinski definition) is 1. The fourth-order valence-corrected chi connectivity index (χ4v) is 3.86. The van der Waals surface area contributed by atoms with Crippen molar-refractivity contribution in [3.05, 3.63) is 45.3 Å². The summed E-state index contributed by atoms with van der Waals surface area (Å²) >= 11 is 3.31. The molecule has 2 aromatic rings. The summed E-state index contributed by atoms with van der Waals surface area (Å²) in [5.74, 6) is 0.440. The largest absolute Gasteiger partial charge is 0.465 e. The lowest BCUT2D eigenvalue weighted by Gasteiger charge is -2.31. The number of hydrogen-bond acceptors (Lipinski definition) is 3. The summed E-state index contributed by atoms with van der Waals surface area (Å²) in [6.45, 7) is 4.85. The van der Waals surface area contributed by atoms with E-state index in [0.29, 0.717) is 21.7 Å². The molecule has 8 heteroatoms. The Morgan fingerprint density at radius 3 is 2.37 bits per heavy atom. The van der Waals surface area contributed by atoms with Crippen LogP contribution in [0.2, 0.25) is 0 Å². The van der Waals surface area contributed by atoms with E-state index in [4.69, 9.17) is 4.42 Å². The van der Waals surface area contributed by atoms with Gasteiger partial charge in [0.1, 0.15) is 11.5 Å². The Bertz CT molecular complexity index is 855. The molecular formula is C19H20BrF3N2O2. The van der Waals surface area contributed by atoms with E-state index < -0.39 is 17.6 Å². The van der Waals surface area contributed by atoms with Gasteiger partial charge in [-0.25, -0.2) is 0 Å². The second-order valence-corrected chi connectivity index (χ2v) is 7.43. The molecule has 3 rings (SSSR count). The molecule has 0 radical (unpaired) electrons. The average molecular weight is 445 g/mol. The fourth-order valence-electron chi connectivity index (χ4n) is 3.32. The van der Waals surface area contributed by atoms with E-state index >= 15 is 0 Å². The summed E-state index contributed by atoms with van der Waals surface area (Å²) in [5.41, 5.74) is 0.249. The van der Waals surface area contributed by atoms with Crippen molar-refractivity contribution in [2.24, 2.45) is 0 Å².